The molecule has 5 nitrogen and oxygen atoms in total. The van der Waals surface area contributed by atoms with E-state index in [0.29, 0.717) is 17.0 Å². The molecule has 0 bridgehead atoms. The number of carbonyl (C=O) groups is 1. The Morgan fingerprint density at radius 1 is 1.50 bits per heavy atom. The molecule has 0 saturated carbocycles. The van der Waals surface area contributed by atoms with Crippen LogP contribution in [0, 0.1) is 11.3 Å². The maximum Gasteiger partial charge on any atom is 0.238 e. The van der Waals surface area contributed by atoms with Gasteiger partial charge in [0.25, 0.3) is 0 Å². The van der Waals surface area contributed by atoms with E-state index in [4.69, 9.17) is 10.00 Å². The molecule has 0 fully saturated rings. The van der Waals surface area contributed by atoms with Gasteiger partial charge in [-0.3, -0.25) is 4.79 Å². The van der Waals surface area contributed by atoms with E-state index in [-0.39, 0.29) is 18.5 Å². The maximum atomic E-state index is 11.7. The van der Waals surface area contributed by atoms with Crippen LogP contribution in [-0.4, -0.2) is 25.6 Å². The Kier molecular flexibility index (Phi) is 5.15. The molecule has 0 spiro atoms. The molecule has 0 radical (unpaired) electrons. The number of nitrogens with one attached hydrogen (secondary N) is 2. The first-order chi connectivity index (χ1) is 8.58. The van der Waals surface area contributed by atoms with E-state index in [9.17, 15) is 4.79 Å². The van der Waals surface area contributed by atoms with Crippen molar-refractivity contribution in [2.24, 2.45) is 0 Å². The standard InChI is InChI=1S/C13H17N3O2/c1-9(2)15-8-12(17)16-13-10(7-14)5-4-6-11(13)18-3/h4-6,9,15H,8H2,1-3H3,(H,16,17). The number of benzene rings is 1. The van der Waals surface area contributed by atoms with Gasteiger partial charge in [-0.05, 0) is 12.1 Å². The molecule has 2 N–H and O–H groups in total. The molecule has 1 amide bonds. The van der Waals surface area contributed by atoms with Crippen molar-refractivity contribution >= 4 is 11.6 Å². The van der Waals surface area contributed by atoms with Crippen molar-refractivity contribution in [2.75, 3.05) is 19.0 Å². The fraction of sp³-hybridized carbons (Fsp3) is 0.385. The van der Waals surface area contributed by atoms with Gasteiger partial charge < -0.3 is 15.4 Å². The Bertz CT molecular complexity index is 464. The summed E-state index contributed by atoms with van der Waals surface area (Å²) in [4.78, 5) is 11.7. The number of amides is 1. The number of hydrogen-bond donors (Lipinski definition) is 2. The number of rotatable bonds is 5. The van der Waals surface area contributed by atoms with Gasteiger partial charge in [0.05, 0.1) is 19.2 Å². The number of ether oxygens (including phenoxy) is 1. The van der Waals surface area contributed by atoms with E-state index in [1.807, 2.05) is 19.9 Å². The number of hydrogen-bond acceptors (Lipinski definition) is 4. The Morgan fingerprint density at radius 2 is 2.22 bits per heavy atom. The Hall–Kier alpha value is -2.06. The van der Waals surface area contributed by atoms with E-state index in [2.05, 4.69) is 10.6 Å². The van der Waals surface area contributed by atoms with Crippen LogP contribution in [0.15, 0.2) is 18.2 Å². The van der Waals surface area contributed by atoms with Crippen LogP contribution in [0.1, 0.15) is 19.4 Å². The van der Waals surface area contributed by atoms with Crippen molar-refractivity contribution in [1.82, 2.24) is 5.32 Å². The second-order valence-electron chi connectivity index (χ2n) is 4.08. The summed E-state index contributed by atoms with van der Waals surface area (Å²) >= 11 is 0. The van der Waals surface area contributed by atoms with Crippen molar-refractivity contribution in [1.29, 1.82) is 5.26 Å². The van der Waals surface area contributed by atoms with Crippen molar-refractivity contribution in [3.63, 3.8) is 0 Å². The second kappa shape index (κ2) is 6.62. The highest BCUT2D eigenvalue weighted by atomic mass is 16.5. The molecule has 0 aliphatic rings. The summed E-state index contributed by atoms with van der Waals surface area (Å²) in [6.07, 6.45) is 0. The first-order valence-electron chi connectivity index (χ1n) is 5.68. The second-order valence-corrected chi connectivity index (χ2v) is 4.08. The average Bonchev–Trinajstić information content (AvgIpc) is 2.36. The molecule has 0 aromatic heterocycles. The van der Waals surface area contributed by atoms with Gasteiger partial charge in [-0.1, -0.05) is 19.9 Å². The predicted molar refractivity (Wildman–Crippen MR) is 69.5 cm³/mol. The lowest BCUT2D eigenvalue weighted by atomic mass is 10.1. The van der Waals surface area contributed by atoms with Crippen LogP contribution in [0.2, 0.25) is 0 Å². The monoisotopic (exact) mass is 247 g/mol. The van der Waals surface area contributed by atoms with Crippen LogP contribution in [0.5, 0.6) is 5.75 Å². The third-order valence-electron chi connectivity index (χ3n) is 2.30. The molecule has 96 valence electrons. The minimum absolute atomic E-state index is 0.195. The lowest BCUT2D eigenvalue weighted by Crippen LogP contribution is -2.32. The van der Waals surface area contributed by atoms with Gasteiger partial charge in [0.1, 0.15) is 17.5 Å². The topological polar surface area (TPSA) is 74.1 Å². The Morgan fingerprint density at radius 3 is 2.78 bits per heavy atom. The zero-order chi connectivity index (χ0) is 13.5. The summed E-state index contributed by atoms with van der Waals surface area (Å²) in [5.41, 5.74) is 0.797. The third kappa shape index (κ3) is 3.75. The highest BCUT2D eigenvalue weighted by molar-refractivity contribution is 5.95. The van der Waals surface area contributed by atoms with E-state index in [1.54, 1.807) is 18.2 Å². The van der Waals surface area contributed by atoms with Crippen molar-refractivity contribution in [3.05, 3.63) is 23.8 Å². The lowest BCUT2D eigenvalue weighted by molar-refractivity contribution is -0.115. The van der Waals surface area contributed by atoms with E-state index in [1.165, 1.54) is 7.11 Å². The van der Waals surface area contributed by atoms with Crippen LogP contribution in [0.4, 0.5) is 5.69 Å². The summed E-state index contributed by atoms with van der Waals surface area (Å²) in [7, 11) is 1.50. The van der Waals surface area contributed by atoms with Crippen LogP contribution in [0.3, 0.4) is 0 Å². The summed E-state index contributed by atoms with van der Waals surface area (Å²) in [6, 6.07) is 7.29. The molecule has 1 rings (SSSR count). The molecule has 0 aliphatic heterocycles. The zero-order valence-electron chi connectivity index (χ0n) is 10.8. The number of para-hydroxylation sites is 1. The SMILES string of the molecule is COc1cccc(C#N)c1NC(=O)CNC(C)C. The minimum Gasteiger partial charge on any atom is -0.495 e. The molecule has 18 heavy (non-hydrogen) atoms. The average molecular weight is 247 g/mol. The van der Waals surface area contributed by atoms with Gasteiger partial charge in [0.15, 0.2) is 0 Å². The Balaban J connectivity index is 2.83. The number of carbonyl (C=O) groups excluding carboxylic acids is 1. The lowest BCUT2D eigenvalue weighted by Gasteiger charge is -2.12. The summed E-state index contributed by atoms with van der Waals surface area (Å²) < 4.78 is 5.13. The van der Waals surface area contributed by atoms with Crippen LogP contribution in [-0.2, 0) is 4.79 Å². The molecular formula is C13H17N3O2. The fourth-order valence-corrected chi connectivity index (χ4v) is 1.40. The molecule has 0 heterocycles. The fourth-order valence-electron chi connectivity index (χ4n) is 1.40. The highest BCUT2D eigenvalue weighted by Gasteiger charge is 2.12. The highest BCUT2D eigenvalue weighted by Crippen LogP contribution is 2.27. The van der Waals surface area contributed by atoms with Crippen LogP contribution < -0.4 is 15.4 Å². The molecule has 1 aromatic rings. The van der Waals surface area contributed by atoms with Gasteiger partial charge >= 0.3 is 0 Å². The van der Waals surface area contributed by atoms with Gasteiger partial charge in [-0.25, -0.2) is 0 Å². The molecule has 0 aliphatic carbocycles. The first-order valence-corrected chi connectivity index (χ1v) is 5.68. The molecule has 0 saturated heterocycles. The minimum atomic E-state index is -0.204. The quantitative estimate of drug-likeness (QED) is 0.827. The number of anilines is 1. The summed E-state index contributed by atoms with van der Waals surface area (Å²) in [6.45, 7) is 4.11. The summed E-state index contributed by atoms with van der Waals surface area (Å²) in [5.74, 6) is 0.275. The van der Waals surface area contributed by atoms with Gasteiger partial charge in [-0.2, -0.15) is 5.26 Å². The Labute approximate surface area is 107 Å². The normalized spacial score (nSPS) is 9.94. The zero-order valence-corrected chi connectivity index (χ0v) is 10.8. The van der Waals surface area contributed by atoms with E-state index < -0.39 is 0 Å². The summed E-state index contributed by atoms with van der Waals surface area (Å²) in [5, 5.41) is 14.7. The number of nitriles is 1. The maximum absolute atomic E-state index is 11.7. The van der Waals surface area contributed by atoms with Crippen molar-refractivity contribution in [2.45, 2.75) is 19.9 Å². The van der Waals surface area contributed by atoms with Crippen LogP contribution in [0.25, 0.3) is 0 Å². The molecule has 0 unspecified atom stereocenters. The molecule has 1 aromatic carbocycles. The molecular weight excluding hydrogens is 230 g/mol. The number of methoxy groups -OCH3 is 1. The molecule has 0 atom stereocenters. The first kappa shape index (κ1) is 14.0. The predicted octanol–water partition coefficient (Wildman–Crippen LogP) is 1.50. The van der Waals surface area contributed by atoms with E-state index in [0.717, 1.165) is 0 Å². The van der Waals surface area contributed by atoms with Crippen LogP contribution >= 0.6 is 0 Å². The molecule has 5 heteroatoms. The van der Waals surface area contributed by atoms with E-state index >= 15 is 0 Å². The van der Waals surface area contributed by atoms with Crippen molar-refractivity contribution < 1.29 is 9.53 Å². The van der Waals surface area contributed by atoms with Crippen molar-refractivity contribution in [3.8, 4) is 11.8 Å². The largest absolute Gasteiger partial charge is 0.495 e. The third-order valence-corrected chi connectivity index (χ3v) is 2.30. The van der Waals surface area contributed by atoms with Gasteiger partial charge in [-0.15, -0.1) is 0 Å². The van der Waals surface area contributed by atoms with Gasteiger partial charge in [0, 0.05) is 6.04 Å². The number of nitrogens with zero attached hydrogens (tertiary/aromatic N) is 1. The van der Waals surface area contributed by atoms with Gasteiger partial charge in [0.2, 0.25) is 5.91 Å². The smallest absolute Gasteiger partial charge is 0.238 e.